The van der Waals surface area contributed by atoms with Gasteiger partial charge in [0.1, 0.15) is 11.8 Å². The second-order valence-electron chi connectivity index (χ2n) is 8.71. The SMILES string of the molecule is N#Cc1cc(NC(C#N)c2cn(-c3cccc(C(F)(F)F)c3)nn2)ccc1N1CCN(c2ncccn2)CC1. The lowest BCUT2D eigenvalue weighted by Gasteiger charge is -2.36. The molecule has 5 rings (SSSR count). The number of nitrogens with zero attached hydrogens (tertiary/aromatic N) is 9. The van der Waals surface area contributed by atoms with Crippen molar-refractivity contribution in [2.75, 3.05) is 41.3 Å². The molecule has 0 saturated carbocycles. The molecule has 1 aliphatic heterocycles. The Hall–Kier alpha value is -5.17. The van der Waals surface area contributed by atoms with Crippen molar-refractivity contribution in [2.24, 2.45) is 0 Å². The smallest absolute Gasteiger partial charge is 0.367 e. The molecule has 196 valence electrons. The van der Waals surface area contributed by atoms with Crippen molar-refractivity contribution in [3.63, 3.8) is 0 Å². The molecule has 1 N–H and O–H groups in total. The molecule has 13 heteroatoms. The molecule has 1 fully saturated rings. The Kier molecular flexibility index (Phi) is 6.97. The lowest BCUT2D eigenvalue weighted by molar-refractivity contribution is -0.137. The fourth-order valence-corrected chi connectivity index (χ4v) is 4.29. The third-order valence-corrected chi connectivity index (χ3v) is 6.26. The minimum atomic E-state index is -4.50. The number of hydrogen-bond acceptors (Lipinski definition) is 9. The first-order chi connectivity index (χ1) is 18.9. The lowest BCUT2D eigenvalue weighted by atomic mass is 10.1. The molecule has 2 aromatic heterocycles. The van der Waals surface area contributed by atoms with E-state index in [1.165, 1.54) is 23.0 Å². The molecule has 0 amide bonds. The van der Waals surface area contributed by atoms with Gasteiger partial charge in [-0.15, -0.1) is 5.10 Å². The Bertz CT molecular complexity index is 1530. The lowest BCUT2D eigenvalue weighted by Crippen LogP contribution is -2.47. The van der Waals surface area contributed by atoms with Gasteiger partial charge in [0.15, 0.2) is 6.04 Å². The molecule has 2 aromatic carbocycles. The number of alkyl halides is 3. The van der Waals surface area contributed by atoms with Crippen LogP contribution in [0.15, 0.2) is 67.1 Å². The number of anilines is 3. The summed E-state index contributed by atoms with van der Waals surface area (Å²) in [5.74, 6) is 0.671. The third-order valence-electron chi connectivity index (χ3n) is 6.26. The molecule has 0 bridgehead atoms. The standard InChI is InChI=1S/C26H21F3N10/c27-26(28,29)19-3-1-4-21(14-19)39-17-23(35-36-39)22(16-31)34-20-5-6-24(18(13-20)15-30)37-9-11-38(12-10-37)25-32-7-2-8-33-25/h1-8,13-14,17,22,34H,9-12H2. The Morgan fingerprint density at radius 2 is 1.67 bits per heavy atom. The number of nitrogens with one attached hydrogen (secondary N) is 1. The zero-order chi connectivity index (χ0) is 27.4. The molecule has 0 aliphatic carbocycles. The summed E-state index contributed by atoms with van der Waals surface area (Å²) in [5.41, 5.74) is 1.30. The van der Waals surface area contributed by atoms with E-state index in [1.54, 1.807) is 30.6 Å². The number of benzene rings is 2. The van der Waals surface area contributed by atoms with Crippen LogP contribution in [0.1, 0.15) is 22.9 Å². The van der Waals surface area contributed by atoms with Crippen molar-refractivity contribution in [3.8, 4) is 17.8 Å². The van der Waals surface area contributed by atoms with Gasteiger partial charge in [-0.05, 0) is 42.5 Å². The van der Waals surface area contributed by atoms with Crippen LogP contribution in [-0.2, 0) is 6.18 Å². The fraction of sp³-hybridized carbons (Fsp3) is 0.231. The van der Waals surface area contributed by atoms with Crippen LogP contribution in [-0.4, -0.2) is 51.1 Å². The number of rotatable bonds is 6. The van der Waals surface area contributed by atoms with E-state index in [-0.39, 0.29) is 11.4 Å². The highest BCUT2D eigenvalue weighted by molar-refractivity contribution is 5.66. The van der Waals surface area contributed by atoms with Crippen LogP contribution in [0.3, 0.4) is 0 Å². The van der Waals surface area contributed by atoms with Gasteiger partial charge in [-0.2, -0.15) is 23.7 Å². The van der Waals surface area contributed by atoms with Crippen LogP contribution >= 0.6 is 0 Å². The Balaban J connectivity index is 1.29. The van der Waals surface area contributed by atoms with Crippen LogP contribution in [0.5, 0.6) is 0 Å². The first kappa shape index (κ1) is 25.5. The van der Waals surface area contributed by atoms with Crippen LogP contribution < -0.4 is 15.1 Å². The molecule has 3 heterocycles. The number of halogens is 3. The van der Waals surface area contributed by atoms with E-state index >= 15 is 0 Å². The largest absolute Gasteiger partial charge is 0.416 e. The van der Waals surface area contributed by atoms with Gasteiger partial charge >= 0.3 is 6.18 Å². The second-order valence-corrected chi connectivity index (χ2v) is 8.71. The van der Waals surface area contributed by atoms with E-state index in [4.69, 9.17) is 0 Å². The van der Waals surface area contributed by atoms with E-state index in [0.717, 1.165) is 17.8 Å². The average Bonchev–Trinajstić information content (AvgIpc) is 3.46. The summed E-state index contributed by atoms with van der Waals surface area (Å²) < 4.78 is 40.4. The molecule has 4 aromatic rings. The highest BCUT2D eigenvalue weighted by atomic mass is 19.4. The Morgan fingerprint density at radius 1 is 0.923 bits per heavy atom. The Morgan fingerprint density at radius 3 is 2.36 bits per heavy atom. The molecule has 0 spiro atoms. The predicted octanol–water partition coefficient (Wildman–Crippen LogP) is 3.95. The minimum Gasteiger partial charge on any atom is -0.367 e. The number of nitriles is 2. The third kappa shape index (κ3) is 5.57. The molecule has 1 unspecified atom stereocenters. The van der Waals surface area contributed by atoms with Crippen LogP contribution in [0.25, 0.3) is 5.69 Å². The average molecular weight is 531 g/mol. The van der Waals surface area contributed by atoms with Gasteiger partial charge in [0.05, 0.1) is 34.8 Å². The molecule has 1 atom stereocenters. The monoisotopic (exact) mass is 530 g/mol. The van der Waals surface area contributed by atoms with Crippen LogP contribution in [0, 0.1) is 22.7 Å². The minimum absolute atomic E-state index is 0.162. The van der Waals surface area contributed by atoms with Crippen molar-refractivity contribution >= 4 is 17.3 Å². The van der Waals surface area contributed by atoms with Crippen molar-refractivity contribution in [1.29, 1.82) is 10.5 Å². The maximum atomic E-state index is 13.1. The summed E-state index contributed by atoms with van der Waals surface area (Å²) in [6.45, 7) is 2.76. The zero-order valence-electron chi connectivity index (χ0n) is 20.4. The van der Waals surface area contributed by atoms with Crippen LogP contribution in [0.4, 0.5) is 30.5 Å². The van der Waals surface area contributed by atoms with E-state index in [0.29, 0.717) is 43.4 Å². The Labute approximate surface area is 221 Å². The summed E-state index contributed by atoms with van der Waals surface area (Å²) >= 11 is 0. The van der Waals surface area contributed by atoms with E-state index in [2.05, 4.69) is 47.5 Å². The quantitative estimate of drug-likeness (QED) is 0.395. The highest BCUT2D eigenvalue weighted by Gasteiger charge is 2.30. The molecule has 39 heavy (non-hydrogen) atoms. The number of aromatic nitrogens is 5. The van der Waals surface area contributed by atoms with E-state index < -0.39 is 17.8 Å². The van der Waals surface area contributed by atoms with Gasteiger partial charge in [-0.1, -0.05) is 11.3 Å². The van der Waals surface area contributed by atoms with Gasteiger partial charge in [-0.3, -0.25) is 0 Å². The second kappa shape index (κ2) is 10.7. The maximum Gasteiger partial charge on any atom is 0.416 e. The first-order valence-corrected chi connectivity index (χ1v) is 11.9. The summed E-state index contributed by atoms with van der Waals surface area (Å²) in [5, 5.41) is 30.5. The summed E-state index contributed by atoms with van der Waals surface area (Å²) in [7, 11) is 0. The first-order valence-electron chi connectivity index (χ1n) is 11.9. The molecule has 10 nitrogen and oxygen atoms in total. The normalized spacial score (nSPS) is 14.4. The van der Waals surface area contributed by atoms with Crippen molar-refractivity contribution < 1.29 is 13.2 Å². The van der Waals surface area contributed by atoms with Crippen molar-refractivity contribution in [3.05, 3.63) is 83.9 Å². The van der Waals surface area contributed by atoms with Crippen LogP contribution in [0.2, 0.25) is 0 Å². The van der Waals surface area contributed by atoms with Gasteiger partial charge in [0.2, 0.25) is 5.95 Å². The van der Waals surface area contributed by atoms with Gasteiger partial charge in [-0.25, -0.2) is 14.6 Å². The highest BCUT2D eigenvalue weighted by Crippen LogP contribution is 2.31. The summed E-state index contributed by atoms with van der Waals surface area (Å²) in [6, 6.07) is 15.0. The zero-order valence-corrected chi connectivity index (χ0v) is 20.4. The summed E-state index contributed by atoms with van der Waals surface area (Å²) in [4.78, 5) is 12.8. The van der Waals surface area contributed by atoms with Crippen molar-refractivity contribution in [1.82, 2.24) is 25.0 Å². The predicted molar refractivity (Wildman–Crippen MR) is 136 cm³/mol. The van der Waals surface area contributed by atoms with Gasteiger partial charge in [0.25, 0.3) is 0 Å². The number of piperazine rings is 1. The maximum absolute atomic E-state index is 13.1. The molecular formula is C26H21F3N10. The molecule has 0 radical (unpaired) electrons. The van der Waals surface area contributed by atoms with Gasteiger partial charge < -0.3 is 15.1 Å². The van der Waals surface area contributed by atoms with Gasteiger partial charge in [0, 0.05) is 44.3 Å². The molecule has 1 saturated heterocycles. The topological polar surface area (TPSA) is 123 Å². The molecule has 1 aliphatic rings. The number of hydrogen-bond donors (Lipinski definition) is 1. The summed E-state index contributed by atoms with van der Waals surface area (Å²) in [6.07, 6.45) is 0.305. The molecular weight excluding hydrogens is 509 g/mol. The van der Waals surface area contributed by atoms with Crippen molar-refractivity contribution in [2.45, 2.75) is 12.2 Å². The van der Waals surface area contributed by atoms with E-state index in [9.17, 15) is 23.7 Å². The fourth-order valence-electron chi connectivity index (χ4n) is 4.29. The van der Waals surface area contributed by atoms with E-state index in [1.807, 2.05) is 6.07 Å².